The highest BCUT2D eigenvalue weighted by molar-refractivity contribution is 7.91. The monoisotopic (exact) mass is 443 g/mol. The molecule has 0 fully saturated rings. The second-order valence-electron chi connectivity index (χ2n) is 9.50. The van der Waals surface area contributed by atoms with Crippen LogP contribution in [0.4, 0.5) is 10.5 Å². The van der Waals surface area contributed by atoms with Crippen molar-refractivity contribution in [3.63, 3.8) is 0 Å². The van der Waals surface area contributed by atoms with E-state index in [9.17, 15) is 14.1 Å². The van der Waals surface area contributed by atoms with E-state index in [0.29, 0.717) is 5.69 Å². The van der Waals surface area contributed by atoms with Crippen LogP contribution < -0.4 is 10.5 Å². The van der Waals surface area contributed by atoms with Crippen molar-refractivity contribution in [2.24, 2.45) is 9.50 Å². The lowest BCUT2D eigenvalue weighted by molar-refractivity contribution is 0.0737. The number of fused-ring (bicyclic) bond motifs is 2. The van der Waals surface area contributed by atoms with Crippen LogP contribution >= 0.6 is 0 Å². The first-order chi connectivity index (χ1) is 14.4. The summed E-state index contributed by atoms with van der Waals surface area (Å²) >= 11 is 0. The number of pyridine rings is 2. The first kappa shape index (κ1) is 21.9. The number of anilines is 1. The molecule has 1 atom stereocenters. The number of rotatable bonds is 3. The fraction of sp³-hybridized carbons (Fsp3) is 0.500. The first-order valence-electron chi connectivity index (χ1n) is 10.5. The van der Waals surface area contributed by atoms with Gasteiger partial charge >= 0.3 is 6.03 Å². The van der Waals surface area contributed by atoms with Crippen molar-refractivity contribution < 1.29 is 14.1 Å². The van der Waals surface area contributed by atoms with Crippen molar-refractivity contribution >= 4 is 21.6 Å². The van der Waals surface area contributed by atoms with Gasteiger partial charge in [0.15, 0.2) is 0 Å². The minimum Gasteiger partial charge on any atom is -0.384 e. The Bertz CT molecular complexity index is 1170. The number of aliphatic hydroxyl groups is 1. The third-order valence-corrected chi connectivity index (χ3v) is 7.47. The van der Waals surface area contributed by atoms with Crippen LogP contribution in [-0.4, -0.2) is 25.3 Å². The van der Waals surface area contributed by atoms with Gasteiger partial charge in [-0.05, 0) is 69.2 Å². The van der Waals surface area contributed by atoms with Crippen LogP contribution in [0.3, 0.4) is 0 Å². The number of nitrogens with two attached hydrogens (primary N) is 1. The highest BCUT2D eigenvalue weighted by Gasteiger charge is 2.36. The Morgan fingerprint density at radius 2 is 2.00 bits per heavy atom. The number of carbonyl (C=O) groups excluding carboxylic acids is 1. The summed E-state index contributed by atoms with van der Waals surface area (Å²) in [4.78, 5) is 21.9. The summed E-state index contributed by atoms with van der Waals surface area (Å²) in [5.41, 5.74) is 4.15. The third-order valence-electron chi connectivity index (χ3n) is 6.12. The molecule has 2 aromatic rings. The number of nitrogens with zero attached hydrogens (tertiary/aromatic N) is 3. The molecule has 0 bridgehead atoms. The standard InChI is InChI=1S/C22H29N5O3S/c1-21(2)11-10-15-18(14-6-5-7-16(14)25-19(15)21)26-20(28)27-31(23,30)13-8-9-17(24-12-13)22(3,4)29/h8-9,12,29H,5-7,10-11H2,1-4H3,(H3,23,25,26,27,28,30)/t31-/m1/s1. The van der Waals surface area contributed by atoms with E-state index in [4.69, 9.17) is 10.1 Å². The molecule has 0 saturated heterocycles. The summed E-state index contributed by atoms with van der Waals surface area (Å²) in [5.74, 6) is 0. The predicted octanol–water partition coefficient (Wildman–Crippen LogP) is 3.35. The molecule has 0 radical (unpaired) electrons. The number of amides is 2. The lowest BCUT2D eigenvalue weighted by atomic mass is 9.90. The van der Waals surface area contributed by atoms with Gasteiger partial charge in [0.05, 0.1) is 22.0 Å². The molecule has 9 heteroatoms. The van der Waals surface area contributed by atoms with Crippen molar-refractivity contribution in [1.29, 1.82) is 0 Å². The molecule has 2 aromatic heterocycles. The minimum atomic E-state index is -3.49. The quantitative estimate of drug-likeness (QED) is 0.669. The zero-order valence-corrected chi connectivity index (χ0v) is 19.2. The molecule has 0 unspecified atom stereocenters. The zero-order valence-electron chi connectivity index (χ0n) is 18.4. The smallest absolute Gasteiger partial charge is 0.354 e. The van der Waals surface area contributed by atoms with Crippen molar-refractivity contribution in [1.82, 2.24) is 9.97 Å². The third kappa shape index (κ3) is 4.09. The van der Waals surface area contributed by atoms with E-state index >= 15 is 0 Å². The summed E-state index contributed by atoms with van der Waals surface area (Å²) in [6.45, 7) is 7.53. The second kappa shape index (κ2) is 7.36. The fourth-order valence-corrected chi connectivity index (χ4v) is 5.22. The maximum Gasteiger partial charge on any atom is 0.354 e. The summed E-state index contributed by atoms with van der Waals surface area (Å²) in [5, 5.41) is 18.8. The summed E-state index contributed by atoms with van der Waals surface area (Å²) in [6, 6.07) is 2.26. The van der Waals surface area contributed by atoms with Crippen LogP contribution in [0.5, 0.6) is 0 Å². The van der Waals surface area contributed by atoms with Gasteiger partial charge in [-0.2, -0.15) is 0 Å². The molecule has 2 heterocycles. The number of hydrogen-bond acceptors (Lipinski definition) is 5. The Hall–Kier alpha value is -2.36. The minimum absolute atomic E-state index is 0.0428. The van der Waals surface area contributed by atoms with Crippen LogP contribution in [0.2, 0.25) is 0 Å². The molecule has 31 heavy (non-hydrogen) atoms. The second-order valence-corrected chi connectivity index (χ2v) is 11.3. The van der Waals surface area contributed by atoms with Gasteiger partial charge in [0.25, 0.3) is 0 Å². The van der Waals surface area contributed by atoms with Gasteiger partial charge in [-0.15, -0.1) is 4.36 Å². The number of urea groups is 1. The molecule has 0 saturated carbocycles. The number of hydrogen-bond donors (Lipinski definition) is 3. The molecule has 2 aliphatic carbocycles. The summed E-state index contributed by atoms with van der Waals surface area (Å²) in [7, 11) is -3.49. The van der Waals surface area contributed by atoms with Crippen LogP contribution in [0.25, 0.3) is 0 Å². The lowest BCUT2D eigenvalue weighted by Crippen LogP contribution is -2.21. The van der Waals surface area contributed by atoms with Crippen LogP contribution in [0.1, 0.15) is 68.7 Å². The van der Waals surface area contributed by atoms with Gasteiger partial charge in [0.1, 0.15) is 15.5 Å². The van der Waals surface area contributed by atoms with E-state index in [1.807, 2.05) is 0 Å². The van der Waals surface area contributed by atoms with E-state index in [2.05, 4.69) is 28.5 Å². The molecule has 0 spiro atoms. The number of nitrogens with one attached hydrogen (secondary N) is 1. The van der Waals surface area contributed by atoms with Crippen LogP contribution in [0, 0.1) is 0 Å². The first-order valence-corrected chi connectivity index (χ1v) is 12.1. The Balaban J connectivity index is 1.66. The number of aromatic nitrogens is 2. The van der Waals surface area contributed by atoms with Crippen LogP contribution in [0.15, 0.2) is 27.6 Å². The molecular formula is C22H29N5O3S. The SMILES string of the molecule is CC(C)(O)c1ccc([S@](N)(=O)=NC(=O)Nc2c3c(nc4c2CCC4(C)C)CCC3)cn1. The lowest BCUT2D eigenvalue weighted by Gasteiger charge is -2.20. The highest BCUT2D eigenvalue weighted by Crippen LogP contribution is 2.44. The van der Waals surface area contributed by atoms with E-state index in [-0.39, 0.29) is 10.3 Å². The van der Waals surface area contributed by atoms with Crippen molar-refractivity contribution in [2.75, 3.05) is 5.32 Å². The maximum atomic E-state index is 13.0. The molecule has 0 aliphatic heterocycles. The Morgan fingerprint density at radius 1 is 1.26 bits per heavy atom. The molecule has 2 amide bonds. The zero-order chi connectivity index (χ0) is 22.6. The van der Waals surface area contributed by atoms with E-state index in [1.165, 1.54) is 18.3 Å². The van der Waals surface area contributed by atoms with Crippen molar-refractivity contribution in [3.8, 4) is 0 Å². The average Bonchev–Trinajstić information content (AvgIpc) is 3.25. The van der Waals surface area contributed by atoms with Gasteiger partial charge < -0.3 is 10.4 Å². The van der Waals surface area contributed by atoms with E-state index in [0.717, 1.165) is 60.3 Å². The number of carbonyl (C=O) groups is 1. The molecule has 0 aromatic carbocycles. The maximum absolute atomic E-state index is 13.0. The van der Waals surface area contributed by atoms with Gasteiger partial charge in [0, 0.05) is 17.3 Å². The molecule has 4 N–H and O–H groups in total. The van der Waals surface area contributed by atoms with Gasteiger partial charge in [-0.25, -0.2) is 14.1 Å². The molecule has 8 nitrogen and oxygen atoms in total. The fourth-order valence-electron chi connectivity index (χ4n) is 4.35. The van der Waals surface area contributed by atoms with E-state index < -0.39 is 21.5 Å². The number of aryl methyl sites for hydroxylation is 1. The molecular weight excluding hydrogens is 414 g/mol. The highest BCUT2D eigenvalue weighted by atomic mass is 32.2. The Morgan fingerprint density at radius 3 is 2.65 bits per heavy atom. The Kier molecular flexibility index (Phi) is 5.19. The van der Waals surface area contributed by atoms with E-state index in [1.54, 1.807) is 13.8 Å². The topological polar surface area (TPSA) is 131 Å². The van der Waals surface area contributed by atoms with Gasteiger partial charge in [0.2, 0.25) is 0 Å². The summed E-state index contributed by atoms with van der Waals surface area (Å²) in [6.07, 6.45) is 5.83. The average molecular weight is 444 g/mol. The molecule has 4 rings (SSSR count). The van der Waals surface area contributed by atoms with Crippen molar-refractivity contribution in [3.05, 3.63) is 46.5 Å². The van der Waals surface area contributed by atoms with Crippen LogP contribution in [-0.2, 0) is 40.2 Å². The van der Waals surface area contributed by atoms with Gasteiger partial charge in [-0.3, -0.25) is 9.97 Å². The normalized spacial score (nSPS) is 18.8. The largest absolute Gasteiger partial charge is 0.384 e. The van der Waals surface area contributed by atoms with Crippen molar-refractivity contribution in [2.45, 2.75) is 75.7 Å². The van der Waals surface area contributed by atoms with Gasteiger partial charge in [-0.1, -0.05) is 13.8 Å². The summed E-state index contributed by atoms with van der Waals surface area (Å²) < 4.78 is 16.7. The Labute approximate surface area is 183 Å². The molecule has 166 valence electrons. The predicted molar refractivity (Wildman–Crippen MR) is 119 cm³/mol. The molecule has 2 aliphatic rings.